The molecule has 0 aliphatic carbocycles. The highest BCUT2D eigenvalue weighted by Crippen LogP contribution is 2.22. The number of urea groups is 1. The van der Waals surface area contributed by atoms with Gasteiger partial charge in [0.25, 0.3) is 0 Å². The van der Waals surface area contributed by atoms with Crippen LogP contribution in [-0.2, 0) is 0 Å². The molecule has 5 heteroatoms. The third-order valence-corrected chi connectivity index (χ3v) is 3.60. The summed E-state index contributed by atoms with van der Waals surface area (Å²) < 4.78 is 0. The zero-order valence-corrected chi connectivity index (χ0v) is 11.9. The van der Waals surface area contributed by atoms with Gasteiger partial charge in [-0.05, 0) is 42.8 Å². The van der Waals surface area contributed by atoms with E-state index in [0.29, 0.717) is 6.54 Å². The third kappa shape index (κ3) is 2.97. The van der Waals surface area contributed by atoms with Crippen LogP contribution in [0.25, 0.3) is 0 Å². The monoisotopic (exact) mass is 282 g/mol. The lowest BCUT2D eigenvalue weighted by Gasteiger charge is -2.17. The zero-order valence-electron chi connectivity index (χ0n) is 11.9. The number of carbonyl (C=O) groups is 1. The van der Waals surface area contributed by atoms with E-state index >= 15 is 0 Å². The lowest BCUT2D eigenvalue weighted by atomic mass is 10.1. The molecule has 1 fully saturated rings. The van der Waals surface area contributed by atoms with Crippen molar-refractivity contribution in [3.8, 4) is 0 Å². The van der Waals surface area contributed by atoms with Crippen molar-refractivity contribution in [3.05, 3.63) is 54.4 Å². The number of aromatic nitrogens is 1. The maximum atomic E-state index is 11.6. The van der Waals surface area contributed by atoms with Crippen LogP contribution in [0.4, 0.5) is 16.2 Å². The number of nitrogens with zero attached hydrogens (tertiary/aromatic N) is 2. The number of hydrogen-bond donors (Lipinski definition) is 2. The van der Waals surface area contributed by atoms with E-state index in [1.54, 1.807) is 11.1 Å². The molecule has 2 aromatic rings. The van der Waals surface area contributed by atoms with Gasteiger partial charge in [-0.1, -0.05) is 6.07 Å². The lowest BCUT2D eigenvalue weighted by Crippen LogP contribution is -2.27. The molecule has 1 unspecified atom stereocenters. The number of carbonyl (C=O) groups excluding carboxylic acids is 1. The molecule has 1 saturated heterocycles. The van der Waals surface area contributed by atoms with E-state index in [9.17, 15) is 4.79 Å². The van der Waals surface area contributed by atoms with Gasteiger partial charge in [0.15, 0.2) is 0 Å². The molecular weight excluding hydrogens is 264 g/mol. The minimum Gasteiger partial charge on any atom is -0.378 e. The van der Waals surface area contributed by atoms with E-state index < -0.39 is 0 Å². The Hall–Kier alpha value is -2.56. The van der Waals surface area contributed by atoms with Crippen LogP contribution in [0.3, 0.4) is 0 Å². The largest absolute Gasteiger partial charge is 0.378 e. The minimum atomic E-state index is -0.0283. The van der Waals surface area contributed by atoms with E-state index in [1.807, 2.05) is 42.6 Å². The molecule has 1 aliphatic rings. The molecule has 1 atom stereocenters. The molecule has 2 N–H and O–H groups in total. The lowest BCUT2D eigenvalue weighted by molar-refractivity contribution is 0.252. The molecule has 2 heterocycles. The average molecular weight is 282 g/mol. The first-order valence-corrected chi connectivity index (χ1v) is 7.06. The predicted octanol–water partition coefficient (Wildman–Crippen LogP) is 2.78. The Morgan fingerprint density at radius 1 is 1.29 bits per heavy atom. The maximum absolute atomic E-state index is 11.6. The molecule has 0 spiro atoms. The van der Waals surface area contributed by atoms with Crippen molar-refractivity contribution < 1.29 is 4.79 Å². The van der Waals surface area contributed by atoms with Crippen molar-refractivity contribution in [2.24, 2.45) is 0 Å². The van der Waals surface area contributed by atoms with E-state index in [-0.39, 0.29) is 12.1 Å². The molecular formula is C16H18N4O. The fourth-order valence-corrected chi connectivity index (χ4v) is 2.42. The van der Waals surface area contributed by atoms with E-state index in [4.69, 9.17) is 0 Å². The first-order valence-electron chi connectivity index (χ1n) is 7.06. The van der Waals surface area contributed by atoms with Gasteiger partial charge in [-0.3, -0.25) is 9.88 Å². The molecule has 0 saturated carbocycles. The van der Waals surface area contributed by atoms with Gasteiger partial charge in [0.1, 0.15) is 0 Å². The molecule has 1 aromatic carbocycles. The molecule has 3 rings (SSSR count). The van der Waals surface area contributed by atoms with Crippen LogP contribution >= 0.6 is 0 Å². The molecule has 0 radical (unpaired) electrons. The summed E-state index contributed by atoms with van der Waals surface area (Å²) in [4.78, 5) is 17.5. The highest BCUT2D eigenvalue weighted by Gasteiger charge is 2.20. The summed E-state index contributed by atoms with van der Waals surface area (Å²) in [7, 11) is 0. The Morgan fingerprint density at radius 2 is 2.10 bits per heavy atom. The molecule has 5 nitrogen and oxygen atoms in total. The van der Waals surface area contributed by atoms with Crippen molar-refractivity contribution in [3.63, 3.8) is 0 Å². The first-order chi connectivity index (χ1) is 10.2. The van der Waals surface area contributed by atoms with Gasteiger partial charge in [-0.15, -0.1) is 0 Å². The van der Waals surface area contributed by atoms with E-state index in [0.717, 1.165) is 23.5 Å². The number of hydrogen-bond acceptors (Lipinski definition) is 3. The summed E-state index contributed by atoms with van der Waals surface area (Å²) in [6.45, 7) is 3.52. The summed E-state index contributed by atoms with van der Waals surface area (Å²) in [5.41, 5.74) is 3.08. The molecule has 1 aromatic heterocycles. The second-order valence-electron chi connectivity index (χ2n) is 5.08. The third-order valence-electron chi connectivity index (χ3n) is 3.60. The molecule has 108 valence electrons. The highest BCUT2D eigenvalue weighted by atomic mass is 16.2. The average Bonchev–Trinajstić information content (AvgIpc) is 2.95. The second kappa shape index (κ2) is 5.83. The first kappa shape index (κ1) is 13.4. The zero-order chi connectivity index (χ0) is 14.7. The summed E-state index contributed by atoms with van der Waals surface area (Å²) >= 11 is 0. The number of pyridine rings is 1. The smallest absolute Gasteiger partial charge is 0.321 e. The normalized spacial score (nSPS) is 15.7. The summed E-state index contributed by atoms with van der Waals surface area (Å²) in [6, 6.07) is 12.0. The highest BCUT2D eigenvalue weighted by molar-refractivity contribution is 5.94. The van der Waals surface area contributed by atoms with Crippen molar-refractivity contribution in [2.45, 2.75) is 13.0 Å². The Bertz CT molecular complexity index is 612. The van der Waals surface area contributed by atoms with Gasteiger partial charge >= 0.3 is 6.03 Å². The Labute approximate surface area is 124 Å². The second-order valence-corrected chi connectivity index (χ2v) is 5.08. The Morgan fingerprint density at radius 3 is 2.71 bits per heavy atom. The van der Waals surface area contributed by atoms with E-state index in [1.165, 1.54) is 0 Å². The van der Waals surface area contributed by atoms with Gasteiger partial charge in [-0.2, -0.15) is 0 Å². The van der Waals surface area contributed by atoms with Crippen LogP contribution in [0.2, 0.25) is 0 Å². The minimum absolute atomic E-state index is 0.0283. The van der Waals surface area contributed by atoms with Crippen LogP contribution in [0, 0.1) is 0 Å². The quantitative estimate of drug-likeness (QED) is 0.906. The maximum Gasteiger partial charge on any atom is 0.321 e. The van der Waals surface area contributed by atoms with Crippen molar-refractivity contribution in [1.82, 2.24) is 10.3 Å². The number of amides is 2. The van der Waals surface area contributed by atoms with Crippen molar-refractivity contribution >= 4 is 17.4 Å². The van der Waals surface area contributed by atoms with Crippen molar-refractivity contribution in [1.29, 1.82) is 0 Å². The molecule has 21 heavy (non-hydrogen) atoms. The topological polar surface area (TPSA) is 57.3 Å². The van der Waals surface area contributed by atoms with Gasteiger partial charge in [0, 0.05) is 36.9 Å². The summed E-state index contributed by atoms with van der Waals surface area (Å²) in [5.74, 6) is 0. The van der Waals surface area contributed by atoms with Gasteiger partial charge in [-0.25, -0.2) is 4.79 Å². The fourth-order valence-electron chi connectivity index (χ4n) is 2.42. The van der Waals surface area contributed by atoms with Crippen LogP contribution in [-0.4, -0.2) is 24.1 Å². The fraction of sp³-hybridized carbons (Fsp3) is 0.250. The number of benzene rings is 1. The van der Waals surface area contributed by atoms with Gasteiger partial charge in [0.2, 0.25) is 0 Å². The summed E-state index contributed by atoms with van der Waals surface area (Å²) in [5, 5.41) is 6.23. The molecule has 1 aliphatic heterocycles. The molecule has 2 amide bonds. The van der Waals surface area contributed by atoms with Crippen LogP contribution in [0.15, 0.2) is 48.8 Å². The standard InChI is InChI=1S/C16H18N4O/c1-12(13-3-2-8-17-11-13)19-14-4-6-15(7-5-14)20-10-9-18-16(20)21/h2-8,11-12,19H,9-10H2,1H3,(H,18,21). The van der Waals surface area contributed by atoms with Gasteiger partial charge in [0.05, 0.1) is 6.04 Å². The van der Waals surface area contributed by atoms with Crippen LogP contribution < -0.4 is 15.5 Å². The number of anilines is 2. The summed E-state index contributed by atoms with van der Waals surface area (Å²) in [6.07, 6.45) is 3.63. The van der Waals surface area contributed by atoms with Crippen LogP contribution in [0.1, 0.15) is 18.5 Å². The van der Waals surface area contributed by atoms with E-state index in [2.05, 4.69) is 22.5 Å². The molecule has 0 bridgehead atoms. The van der Waals surface area contributed by atoms with Gasteiger partial charge < -0.3 is 10.6 Å². The SMILES string of the molecule is CC(Nc1ccc(N2CCNC2=O)cc1)c1cccnc1. The number of nitrogens with one attached hydrogen (secondary N) is 2. The van der Waals surface area contributed by atoms with Crippen molar-refractivity contribution in [2.75, 3.05) is 23.3 Å². The number of rotatable bonds is 4. The van der Waals surface area contributed by atoms with Crippen LogP contribution in [0.5, 0.6) is 0 Å². The Kier molecular flexibility index (Phi) is 3.73. The predicted molar refractivity (Wildman–Crippen MR) is 83.5 cm³/mol. The Balaban J connectivity index is 1.68.